The average Bonchev–Trinajstić information content (AvgIpc) is 3.87. The topological polar surface area (TPSA) is 42.4 Å². The van der Waals surface area contributed by atoms with Crippen molar-refractivity contribution >= 4 is 60.9 Å². The zero-order valence-electron chi connectivity index (χ0n) is 30.8. The maximum atomic E-state index is 6.44. The highest BCUT2D eigenvalue weighted by molar-refractivity contribution is 6.09. The number of aromatic nitrogens is 1. The zero-order valence-corrected chi connectivity index (χ0v) is 30.8. The lowest BCUT2D eigenvalue weighted by Crippen LogP contribution is -2.11. The summed E-state index contributed by atoms with van der Waals surface area (Å²) in [5.41, 5.74) is 14.2. The Labute approximate surface area is 329 Å². The first-order valence-electron chi connectivity index (χ1n) is 19.2. The molecule has 0 aliphatic heterocycles. The Bertz CT molecular complexity index is 3210. The second kappa shape index (κ2) is 13.6. The van der Waals surface area contributed by atoms with Crippen molar-refractivity contribution in [1.29, 1.82) is 0 Å². The second-order valence-corrected chi connectivity index (χ2v) is 14.4. The van der Waals surface area contributed by atoms with Crippen molar-refractivity contribution < 1.29 is 8.83 Å². The molecule has 0 aliphatic carbocycles. The Hall–Kier alpha value is -7.69. The van der Waals surface area contributed by atoms with E-state index in [1.807, 2.05) is 36.4 Å². The number of rotatable bonds is 7. The Morgan fingerprint density at radius 3 is 1.74 bits per heavy atom. The summed E-state index contributed by atoms with van der Waals surface area (Å²) >= 11 is 0. The first kappa shape index (κ1) is 32.7. The van der Waals surface area contributed by atoms with E-state index in [-0.39, 0.29) is 0 Å². The molecule has 9 aromatic carbocycles. The number of hydrogen-bond donors (Lipinski definition) is 0. The van der Waals surface area contributed by atoms with E-state index in [1.165, 1.54) is 27.5 Å². The highest BCUT2D eigenvalue weighted by Gasteiger charge is 2.19. The minimum Gasteiger partial charge on any atom is -0.456 e. The van der Waals surface area contributed by atoms with Gasteiger partial charge >= 0.3 is 0 Å². The third kappa shape index (κ3) is 5.83. The van der Waals surface area contributed by atoms with Crippen LogP contribution in [0.15, 0.2) is 215 Å². The van der Waals surface area contributed by atoms with Crippen LogP contribution in [0, 0.1) is 0 Å². The van der Waals surface area contributed by atoms with Crippen molar-refractivity contribution in [2.24, 2.45) is 0 Å². The minimum absolute atomic E-state index is 0.605. The molecule has 4 nitrogen and oxygen atoms in total. The number of hydrogen-bond acceptors (Lipinski definition) is 4. The Kier molecular flexibility index (Phi) is 7.78. The first-order valence-corrected chi connectivity index (χ1v) is 19.2. The molecule has 0 bridgehead atoms. The molecule has 0 spiro atoms. The molecular weight excluding hydrogens is 697 g/mol. The fourth-order valence-corrected chi connectivity index (χ4v) is 8.11. The number of para-hydroxylation sites is 1. The van der Waals surface area contributed by atoms with Gasteiger partial charge in [0.2, 0.25) is 5.89 Å². The monoisotopic (exact) mass is 730 g/mol. The summed E-state index contributed by atoms with van der Waals surface area (Å²) in [6.07, 6.45) is 0. The van der Waals surface area contributed by atoms with E-state index < -0.39 is 0 Å². The standard InChI is InChI=1S/C53H34N2O2/c1-3-12-37(13-4-1)45-19-9-10-21-49(45)55(42-29-24-38(25-30-42)44-20-11-17-36-14-7-8-18-43(36)44)41-27-22-35(23-28-41)40-26-31-46-47-33-48-52(34-51(47)56-50(46)32-40)57-53(54-48)39-15-5-2-6-16-39/h1-34H. The fraction of sp³-hybridized carbons (Fsp3) is 0. The van der Waals surface area contributed by atoms with Crippen LogP contribution in [0.1, 0.15) is 0 Å². The number of furan rings is 1. The van der Waals surface area contributed by atoms with Crippen molar-refractivity contribution in [1.82, 2.24) is 4.98 Å². The van der Waals surface area contributed by atoms with Crippen molar-refractivity contribution in [3.8, 4) is 44.8 Å². The number of oxazole rings is 1. The van der Waals surface area contributed by atoms with Crippen molar-refractivity contribution in [3.63, 3.8) is 0 Å². The third-order valence-electron chi connectivity index (χ3n) is 10.9. The molecule has 0 amide bonds. The van der Waals surface area contributed by atoms with Crippen molar-refractivity contribution in [2.75, 3.05) is 4.90 Å². The van der Waals surface area contributed by atoms with E-state index in [1.54, 1.807) is 0 Å². The van der Waals surface area contributed by atoms with Gasteiger partial charge in [0, 0.05) is 39.3 Å². The predicted molar refractivity (Wildman–Crippen MR) is 235 cm³/mol. The van der Waals surface area contributed by atoms with Crippen molar-refractivity contribution in [2.45, 2.75) is 0 Å². The summed E-state index contributed by atoms with van der Waals surface area (Å²) in [6.45, 7) is 0. The van der Waals surface area contributed by atoms with E-state index in [0.29, 0.717) is 11.5 Å². The molecule has 0 saturated carbocycles. The van der Waals surface area contributed by atoms with E-state index in [4.69, 9.17) is 13.8 Å². The van der Waals surface area contributed by atoms with E-state index in [0.717, 1.165) is 66.8 Å². The smallest absolute Gasteiger partial charge is 0.227 e. The highest BCUT2D eigenvalue weighted by Crippen LogP contribution is 2.43. The molecule has 0 saturated heterocycles. The van der Waals surface area contributed by atoms with Gasteiger partial charge in [-0.2, -0.15) is 0 Å². The van der Waals surface area contributed by atoms with Crippen LogP contribution in [-0.4, -0.2) is 4.98 Å². The lowest BCUT2D eigenvalue weighted by Gasteiger charge is -2.28. The second-order valence-electron chi connectivity index (χ2n) is 14.4. The molecule has 4 heteroatoms. The number of benzene rings is 9. The van der Waals surface area contributed by atoms with Crippen LogP contribution in [0.5, 0.6) is 0 Å². The molecule has 57 heavy (non-hydrogen) atoms. The Morgan fingerprint density at radius 2 is 0.947 bits per heavy atom. The lowest BCUT2D eigenvalue weighted by atomic mass is 9.97. The van der Waals surface area contributed by atoms with Gasteiger partial charge < -0.3 is 13.7 Å². The lowest BCUT2D eigenvalue weighted by molar-refractivity contribution is 0.617. The molecule has 0 N–H and O–H groups in total. The molecule has 11 aromatic rings. The predicted octanol–water partition coefficient (Wildman–Crippen LogP) is 15.0. The summed E-state index contributed by atoms with van der Waals surface area (Å²) in [4.78, 5) is 7.15. The van der Waals surface area contributed by atoms with E-state index >= 15 is 0 Å². The van der Waals surface area contributed by atoms with Gasteiger partial charge in [0.15, 0.2) is 5.58 Å². The van der Waals surface area contributed by atoms with Gasteiger partial charge in [-0.3, -0.25) is 0 Å². The highest BCUT2D eigenvalue weighted by atomic mass is 16.4. The molecule has 0 aliphatic rings. The molecule has 11 rings (SSSR count). The zero-order chi connectivity index (χ0) is 37.7. The van der Waals surface area contributed by atoms with Gasteiger partial charge in [0.1, 0.15) is 16.7 Å². The summed E-state index contributed by atoms with van der Waals surface area (Å²) in [5, 5.41) is 4.56. The van der Waals surface area contributed by atoms with Gasteiger partial charge in [0.25, 0.3) is 0 Å². The van der Waals surface area contributed by atoms with E-state index in [2.05, 4.69) is 175 Å². The average molecular weight is 731 g/mol. The molecule has 2 heterocycles. The molecule has 0 unspecified atom stereocenters. The maximum absolute atomic E-state index is 6.44. The molecule has 0 atom stereocenters. The van der Waals surface area contributed by atoms with Crippen LogP contribution in [0.3, 0.4) is 0 Å². The SMILES string of the molecule is c1ccc(-c2nc3cc4c(cc3o2)oc2cc(-c3ccc(N(c5ccc(-c6cccc7ccccc67)cc5)c5ccccc5-c5ccccc5)cc3)ccc24)cc1. The maximum Gasteiger partial charge on any atom is 0.227 e. The molecule has 0 radical (unpaired) electrons. The molecule has 2 aromatic heterocycles. The summed E-state index contributed by atoms with van der Waals surface area (Å²) in [6, 6.07) is 72.5. The summed E-state index contributed by atoms with van der Waals surface area (Å²) < 4.78 is 12.6. The van der Waals surface area contributed by atoms with Crippen LogP contribution >= 0.6 is 0 Å². The number of nitrogens with zero attached hydrogens (tertiary/aromatic N) is 2. The van der Waals surface area contributed by atoms with Gasteiger partial charge in [0.05, 0.1) is 5.69 Å². The Balaban J connectivity index is 0.966. The van der Waals surface area contributed by atoms with Gasteiger partial charge in [-0.25, -0.2) is 4.98 Å². The van der Waals surface area contributed by atoms with Crippen molar-refractivity contribution in [3.05, 3.63) is 206 Å². The van der Waals surface area contributed by atoms with Gasteiger partial charge in [-0.1, -0.05) is 140 Å². The van der Waals surface area contributed by atoms with E-state index in [9.17, 15) is 0 Å². The van der Waals surface area contributed by atoms with Crippen LogP contribution in [-0.2, 0) is 0 Å². The van der Waals surface area contributed by atoms with Crippen LogP contribution in [0.2, 0.25) is 0 Å². The van der Waals surface area contributed by atoms with Gasteiger partial charge in [-0.05, 0) is 99.3 Å². The van der Waals surface area contributed by atoms with Crippen LogP contribution < -0.4 is 4.90 Å². The summed E-state index contributed by atoms with van der Waals surface area (Å²) in [5.74, 6) is 0.605. The third-order valence-corrected chi connectivity index (χ3v) is 10.9. The quantitative estimate of drug-likeness (QED) is 0.164. The molecule has 0 fully saturated rings. The fourth-order valence-electron chi connectivity index (χ4n) is 8.11. The first-order chi connectivity index (χ1) is 28.2. The Morgan fingerprint density at radius 1 is 0.351 bits per heavy atom. The van der Waals surface area contributed by atoms with Crippen LogP contribution in [0.4, 0.5) is 17.1 Å². The number of fused-ring (bicyclic) bond motifs is 5. The molecular formula is C53H34N2O2. The van der Waals surface area contributed by atoms with Crippen LogP contribution in [0.25, 0.3) is 88.6 Å². The molecule has 268 valence electrons. The van der Waals surface area contributed by atoms with Gasteiger partial charge in [-0.15, -0.1) is 0 Å². The minimum atomic E-state index is 0.605. The number of anilines is 3. The summed E-state index contributed by atoms with van der Waals surface area (Å²) in [7, 11) is 0. The largest absolute Gasteiger partial charge is 0.456 e. The normalized spacial score (nSPS) is 11.5.